The molecule has 2 aromatic rings. The Morgan fingerprint density at radius 1 is 1.42 bits per heavy atom. The number of nitrogen functional groups attached to an aromatic ring is 1. The third-order valence-electron chi connectivity index (χ3n) is 2.80. The van der Waals surface area contributed by atoms with Crippen LogP contribution in [-0.2, 0) is 6.42 Å². The number of carbonyl (C=O) groups excluding carboxylic acids is 1. The Balaban J connectivity index is 2.27. The number of benzene rings is 1. The highest BCUT2D eigenvalue weighted by molar-refractivity contribution is 9.10. The van der Waals surface area contributed by atoms with E-state index in [9.17, 15) is 4.79 Å². The van der Waals surface area contributed by atoms with Gasteiger partial charge in [0.1, 0.15) is 0 Å². The number of nitrogens with zero attached hydrogens (tertiary/aromatic N) is 1. The van der Waals surface area contributed by atoms with Crippen LogP contribution in [0, 0.1) is 0 Å². The Labute approximate surface area is 120 Å². The molecule has 1 aromatic heterocycles. The van der Waals surface area contributed by atoms with Crippen LogP contribution in [0.25, 0.3) is 0 Å². The first-order valence-electron chi connectivity index (χ1n) is 5.91. The molecule has 0 radical (unpaired) electrons. The maximum absolute atomic E-state index is 12.1. The van der Waals surface area contributed by atoms with Crippen molar-refractivity contribution in [2.45, 2.75) is 13.3 Å². The molecule has 0 aliphatic heterocycles. The summed E-state index contributed by atoms with van der Waals surface area (Å²) in [4.78, 5) is 16.1. The quantitative estimate of drug-likeness (QED) is 0.912. The van der Waals surface area contributed by atoms with Gasteiger partial charge in [-0.2, -0.15) is 0 Å². The molecule has 0 spiro atoms. The molecule has 1 amide bonds. The fraction of sp³-hybridized carbons (Fsp3) is 0.143. The molecule has 3 N–H and O–H groups in total. The average molecular weight is 320 g/mol. The van der Waals surface area contributed by atoms with E-state index in [1.54, 1.807) is 12.3 Å². The highest BCUT2D eigenvalue weighted by atomic mass is 79.9. The van der Waals surface area contributed by atoms with Crippen molar-refractivity contribution in [2.75, 3.05) is 11.1 Å². The lowest BCUT2D eigenvalue weighted by Crippen LogP contribution is -2.15. The fourth-order valence-corrected chi connectivity index (χ4v) is 2.17. The van der Waals surface area contributed by atoms with Gasteiger partial charge in [0.25, 0.3) is 5.91 Å². The molecule has 0 unspecified atom stereocenters. The molecule has 1 aromatic carbocycles. The lowest BCUT2D eigenvalue weighted by Gasteiger charge is -2.11. The second kappa shape index (κ2) is 5.84. The molecule has 0 saturated heterocycles. The lowest BCUT2D eigenvalue weighted by molar-refractivity contribution is 0.102. The van der Waals surface area contributed by atoms with Crippen molar-refractivity contribution >= 4 is 33.2 Å². The van der Waals surface area contributed by atoms with Gasteiger partial charge < -0.3 is 11.1 Å². The van der Waals surface area contributed by atoms with Crippen LogP contribution in [0.2, 0.25) is 0 Å². The average Bonchev–Trinajstić information content (AvgIpc) is 2.41. The maximum Gasteiger partial charge on any atom is 0.259 e. The molecule has 4 nitrogen and oxygen atoms in total. The predicted octanol–water partition coefficient (Wildman–Crippen LogP) is 3.24. The van der Waals surface area contributed by atoms with E-state index >= 15 is 0 Å². The minimum Gasteiger partial charge on any atom is -0.398 e. The molecule has 0 fully saturated rings. The van der Waals surface area contributed by atoms with Gasteiger partial charge in [0.2, 0.25) is 0 Å². The summed E-state index contributed by atoms with van der Waals surface area (Å²) in [6.07, 6.45) is 3.86. The van der Waals surface area contributed by atoms with Gasteiger partial charge in [0.05, 0.1) is 5.56 Å². The van der Waals surface area contributed by atoms with Crippen LogP contribution in [0.5, 0.6) is 0 Å². The SMILES string of the molecule is CCc1cc(Br)ccc1NC(=O)c1cnccc1N. The Kier molecular flexibility index (Phi) is 4.16. The van der Waals surface area contributed by atoms with Crippen LogP contribution in [0.4, 0.5) is 11.4 Å². The first-order chi connectivity index (χ1) is 9.11. The van der Waals surface area contributed by atoms with Gasteiger partial charge >= 0.3 is 0 Å². The maximum atomic E-state index is 12.1. The molecule has 5 heteroatoms. The van der Waals surface area contributed by atoms with E-state index in [1.807, 2.05) is 25.1 Å². The Bertz CT molecular complexity index is 613. The number of halogens is 1. The zero-order chi connectivity index (χ0) is 13.8. The van der Waals surface area contributed by atoms with E-state index in [0.717, 1.165) is 22.1 Å². The van der Waals surface area contributed by atoms with E-state index in [4.69, 9.17) is 5.73 Å². The lowest BCUT2D eigenvalue weighted by atomic mass is 10.1. The number of hydrogen-bond acceptors (Lipinski definition) is 3. The Morgan fingerprint density at radius 2 is 2.21 bits per heavy atom. The van der Waals surface area contributed by atoms with Crippen molar-refractivity contribution in [3.8, 4) is 0 Å². The summed E-state index contributed by atoms with van der Waals surface area (Å²) in [5.41, 5.74) is 8.41. The highest BCUT2D eigenvalue weighted by Crippen LogP contribution is 2.22. The van der Waals surface area contributed by atoms with E-state index in [2.05, 4.69) is 26.2 Å². The van der Waals surface area contributed by atoms with Crippen LogP contribution < -0.4 is 11.1 Å². The molecule has 2 rings (SSSR count). The molecule has 0 saturated carbocycles. The van der Waals surface area contributed by atoms with Gasteiger partial charge in [-0.15, -0.1) is 0 Å². The molecule has 0 aliphatic carbocycles. The summed E-state index contributed by atoms with van der Waals surface area (Å²) in [5.74, 6) is -0.248. The number of nitrogens with two attached hydrogens (primary N) is 1. The summed E-state index contributed by atoms with van der Waals surface area (Å²) < 4.78 is 0.989. The van der Waals surface area contributed by atoms with Crippen molar-refractivity contribution in [2.24, 2.45) is 0 Å². The van der Waals surface area contributed by atoms with Crippen molar-refractivity contribution in [1.82, 2.24) is 4.98 Å². The number of nitrogens with one attached hydrogen (secondary N) is 1. The number of aromatic nitrogens is 1. The van der Waals surface area contributed by atoms with Gasteiger partial charge in [0, 0.05) is 28.2 Å². The number of hydrogen-bond donors (Lipinski definition) is 2. The van der Waals surface area contributed by atoms with Crippen LogP contribution in [0.15, 0.2) is 41.1 Å². The number of amides is 1. The molecule has 98 valence electrons. The molecule has 0 atom stereocenters. The zero-order valence-electron chi connectivity index (χ0n) is 10.5. The molecular formula is C14H14BrN3O. The van der Waals surface area contributed by atoms with Crippen LogP contribution >= 0.6 is 15.9 Å². The van der Waals surface area contributed by atoms with E-state index in [1.165, 1.54) is 6.20 Å². The summed E-state index contributed by atoms with van der Waals surface area (Å²) in [6, 6.07) is 7.36. The number of rotatable bonds is 3. The second-order valence-electron chi connectivity index (χ2n) is 4.07. The van der Waals surface area contributed by atoms with Crippen LogP contribution in [0.3, 0.4) is 0 Å². The monoisotopic (exact) mass is 319 g/mol. The number of aryl methyl sites for hydroxylation is 1. The predicted molar refractivity (Wildman–Crippen MR) is 80.1 cm³/mol. The summed E-state index contributed by atoms with van der Waals surface area (Å²) in [7, 11) is 0. The third-order valence-corrected chi connectivity index (χ3v) is 3.29. The topological polar surface area (TPSA) is 68.0 Å². The first kappa shape index (κ1) is 13.5. The van der Waals surface area contributed by atoms with Crippen molar-refractivity contribution in [3.05, 3.63) is 52.3 Å². The standard InChI is InChI=1S/C14H14BrN3O/c1-2-9-7-10(15)3-4-13(9)18-14(19)11-8-17-6-5-12(11)16/h3-8H,2H2,1H3,(H2,16,17)(H,18,19). The Morgan fingerprint density at radius 3 is 2.89 bits per heavy atom. The number of carbonyl (C=O) groups is 1. The minimum atomic E-state index is -0.248. The van der Waals surface area contributed by atoms with Gasteiger partial charge in [-0.25, -0.2) is 0 Å². The van der Waals surface area contributed by atoms with Gasteiger partial charge in [-0.05, 0) is 36.2 Å². The van der Waals surface area contributed by atoms with Gasteiger partial charge in [-0.1, -0.05) is 22.9 Å². The normalized spacial score (nSPS) is 10.2. The van der Waals surface area contributed by atoms with Crippen LogP contribution in [0.1, 0.15) is 22.8 Å². The summed E-state index contributed by atoms with van der Waals surface area (Å²) >= 11 is 3.42. The molecule has 1 heterocycles. The third kappa shape index (κ3) is 3.12. The Hall–Kier alpha value is -1.88. The van der Waals surface area contributed by atoms with Gasteiger partial charge in [-0.3, -0.25) is 9.78 Å². The summed E-state index contributed by atoms with van der Waals surface area (Å²) in [5, 5.41) is 2.87. The van der Waals surface area contributed by atoms with Crippen molar-refractivity contribution in [1.29, 1.82) is 0 Å². The summed E-state index contributed by atoms with van der Waals surface area (Å²) in [6.45, 7) is 2.04. The van der Waals surface area contributed by atoms with Crippen molar-refractivity contribution < 1.29 is 4.79 Å². The first-order valence-corrected chi connectivity index (χ1v) is 6.70. The van der Waals surface area contributed by atoms with Crippen molar-refractivity contribution in [3.63, 3.8) is 0 Å². The molecule has 19 heavy (non-hydrogen) atoms. The number of anilines is 2. The minimum absolute atomic E-state index is 0.248. The second-order valence-corrected chi connectivity index (χ2v) is 4.99. The number of pyridine rings is 1. The molecule has 0 aliphatic rings. The molecule has 0 bridgehead atoms. The largest absolute Gasteiger partial charge is 0.398 e. The smallest absolute Gasteiger partial charge is 0.259 e. The zero-order valence-corrected chi connectivity index (χ0v) is 12.1. The van der Waals surface area contributed by atoms with Crippen LogP contribution in [-0.4, -0.2) is 10.9 Å². The van der Waals surface area contributed by atoms with E-state index in [-0.39, 0.29) is 5.91 Å². The fourth-order valence-electron chi connectivity index (χ4n) is 1.76. The highest BCUT2D eigenvalue weighted by Gasteiger charge is 2.11. The van der Waals surface area contributed by atoms with E-state index < -0.39 is 0 Å². The van der Waals surface area contributed by atoms with E-state index in [0.29, 0.717) is 11.3 Å². The molecular weight excluding hydrogens is 306 g/mol. The van der Waals surface area contributed by atoms with Gasteiger partial charge in [0.15, 0.2) is 0 Å².